The Labute approximate surface area is 181 Å². The molecule has 3 aliphatic rings. The molecular weight excluding hydrogens is 394 g/mol. The fraction of sp³-hybridized carbons (Fsp3) is 0.905. The van der Waals surface area contributed by atoms with Gasteiger partial charge in [0.2, 0.25) is 11.8 Å². The van der Waals surface area contributed by atoms with Gasteiger partial charge in [-0.3, -0.25) is 9.59 Å². The van der Waals surface area contributed by atoms with Gasteiger partial charge >= 0.3 is 0 Å². The number of carbonyl (C=O) groups is 2. The molecule has 3 fully saturated rings. The van der Waals surface area contributed by atoms with Crippen LogP contribution in [0.4, 0.5) is 0 Å². The highest BCUT2D eigenvalue weighted by molar-refractivity contribution is 5.89. The molecule has 0 saturated carbocycles. The van der Waals surface area contributed by atoms with Gasteiger partial charge in [-0.15, -0.1) is 12.4 Å². The fourth-order valence-electron chi connectivity index (χ4n) is 4.84. The maximum Gasteiger partial charge on any atom is 0.230 e. The number of halogens is 1. The van der Waals surface area contributed by atoms with Gasteiger partial charge in [0.25, 0.3) is 0 Å². The lowest BCUT2D eigenvalue weighted by Gasteiger charge is -2.35. The van der Waals surface area contributed by atoms with Crippen molar-refractivity contribution < 1.29 is 19.1 Å². The number of rotatable bonds is 7. The molecule has 0 bridgehead atoms. The minimum atomic E-state index is -0.612. The average Bonchev–Trinajstić information content (AvgIpc) is 3.18. The smallest absolute Gasteiger partial charge is 0.230 e. The average molecular weight is 432 g/mol. The highest BCUT2D eigenvalue weighted by Gasteiger charge is 2.45. The molecule has 7 nitrogen and oxygen atoms in total. The molecule has 2 amide bonds. The van der Waals surface area contributed by atoms with Crippen LogP contribution in [0.15, 0.2) is 0 Å². The molecule has 0 aromatic heterocycles. The van der Waals surface area contributed by atoms with Gasteiger partial charge in [0.05, 0.1) is 18.6 Å². The Bertz CT molecular complexity index is 530. The van der Waals surface area contributed by atoms with Crippen LogP contribution in [0.25, 0.3) is 0 Å². The summed E-state index contributed by atoms with van der Waals surface area (Å²) in [6.07, 6.45) is 5.35. The van der Waals surface area contributed by atoms with E-state index in [1.54, 1.807) is 0 Å². The molecule has 3 rings (SSSR count). The summed E-state index contributed by atoms with van der Waals surface area (Å²) in [4.78, 5) is 30.0. The topological polar surface area (TPSA) is 71.1 Å². The molecule has 1 N–H and O–H groups in total. The molecule has 0 aliphatic carbocycles. The molecule has 0 radical (unpaired) electrons. The molecule has 0 aromatic rings. The van der Waals surface area contributed by atoms with Crippen LogP contribution >= 0.6 is 12.4 Å². The third-order valence-electron chi connectivity index (χ3n) is 6.53. The van der Waals surface area contributed by atoms with Crippen molar-refractivity contribution in [1.29, 1.82) is 0 Å². The van der Waals surface area contributed by atoms with Crippen molar-refractivity contribution in [2.45, 2.75) is 38.5 Å². The van der Waals surface area contributed by atoms with E-state index in [1.165, 1.54) is 0 Å². The lowest BCUT2D eigenvalue weighted by molar-refractivity contribution is -0.147. The second-order valence-corrected chi connectivity index (χ2v) is 9.01. The maximum absolute atomic E-state index is 13.3. The minimum Gasteiger partial charge on any atom is -0.381 e. The van der Waals surface area contributed by atoms with Crippen molar-refractivity contribution in [2.75, 3.05) is 66.7 Å². The van der Waals surface area contributed by atoms with Crippen molar-refractivity contribution in [2.24, 2.45) is 17.3 Å². The highest BCUT2D eigenvalue weighted by Crippen LogP contribution is 2.33. The summed E-state index contributed by atoms with van der Waals surface area (Å²) in [5, 5.41) is 3.32. The SMILES string of the molecule is CN(CC1CCCOC1)C(=O)CC1(C(=O)N(C)CC2CCCOC2)CCNC1.Cl. The van der Waals surface area contributed by atoms with Gasteiger partial charge < -0.3 is 24.6 Å². The van der Waals surface area contributed by atoms with Crippen molar-refractivity contribution in [3.8, 4) is 0 Å². The molecule has 0 spiro atoms. The van der Waals surface area contributed by atoms with E-state index in [0.29, 0.717) is 31.5 Å². The monoisotopic (exact) mass is 431 g/mol. The minimum absolute atomic E-state index is 0. The lowest BCUT2D eigenvalue weighted by Crippen LogP contribution is -2.48. The summed E-state index contributed by atoms with van der Waals surface area (Å²) in [6.45, 7) is 5.92. The Morgan fingerprint density at radius 3 is 2.07 bits per heavy atom. The van der Waals surface area contributed by atoms with Crippen LogP contribution in [0, 0.1) is 17.3 Å². The van der Waals surface area contributed by atoms with Crippen LogP contribution in [0.3, 0.4) is 0 Å². The number of nitrogens with zero attached hydrogens (tertiary/aromatic N) is 2. The number of ether oxygens (including phenoxy) is 2. The van der Waals surface area contributed by atoms with Crippen molar-refractivity contribution in [1.82, 2.24) is 15.1 Å². The summed E-state index contributed by atoms with van der Waals surface area (Å²) in [6, 6.07) is 0. The second-order valence-electron chi connectivity index (χ2n) is 9.01. The predicted octanol–water partition coefficient (Wildman–Crippen LogP) is 1.55. The Balaban J connectivity index is 0.00000300. The molecule has 3 saturated heterocycles. The Kier molecular flexibility index (Phi) is 9.66. The van der Waals surface area contributed by atoms with E-state index in [2.05, 4.69) is 5.32 Å². The number of amides is 2. The molecule has 8 heteroatoms. The van der Waals surface area contributed by atoms with Crippen molar-refractivity contribution in [3.63, 3.8) is 0 Å². The number of hydrogen-bond donors (Lipinski definition) is 1. The first-order chi connectivity index (χ1) is 13.5. The van der Waals surface area contributed by atoms with Gasteiger partial charge in [-0.1, -0.05) is 0 Å². The van der Waals surface area contributed by atoms with Gasteiger partial charge in [-0.2, -0.15) is 0 Å². The molecule has 3 atom stereocenters. The van der Waals surface area contributed by atoms with Gasteiger partial charge in [0, 0.05) is 53.4 Å². The summed E-state index contributed by atoms with van der Waals surface area (Å²) in [5.74, 6) is 0.978. The Morgan fingerprint density at radius 2 is 1.59 bits per heavy atom. The normalized spacial score (nSPS) is 29.7. The Hall–Kier alpha value is -0.890. The largest absolute Gasteiger partial charge is 0.381 e. The molecule has 29 heavy (non-hydrogen) atoms. The maximum atomic E-state index is 13.3. The van der Waals surface area contributed by atoms with Crippen LogP contribution < -0.4 is 5.32 Å². The van der Waals surface area contributed by atoms with E-state index in [1.807, 2.05) is 23.9 Å². The van der Waals surface area contributed by atoms with E-state index in [9.17, 15) is 9.59 Å². The fourth-order valence-corrected chi connectivity index (χ4v) is 4.84. The van der Waals surface area contributed by atoms with Gasteiger partial charge in [0.15, 0.2) is 0 Å². The van der Waals surface area contributed by atoms with Gasteiger partial charge in [0.1, 0.15) is 0 Å². The summed E-state index contributed by atoms with van der Waals surface area (Å²) in [5.41, 5.74) is -0.612. The van der Waals surface area contributed by atoms with E-state index in [-0.39, 0.29) is 30.6 Å². The first-order valence-electron chi connectivity index (χ1n) is 10.9. The molecule has 0 aromatic carbocycles. The number of nitrogens with one attached hydrogen (secondary N) is 1. The third-order valence-corrected chi connectivity index (χ3v) is 6.53. The van der Waals surface area contributed by atoms with Gasteiger partial charge in [-0.25, -0.2) is 0 Å². The Morgan fingerprint density at radius 1 is 1.00 bits per heavy atom. The van der Waals surface area contributed by atoms with E-state index in [4.69, 9.17) is 9.47 Å². The van der Waals surface area contributed by atoms with Crippen LogP contribution in [0.2, 0.25) is 0 Å². The lowest BCUT2D eigenvalue weighted by atomic mass is 9.81. The summed E-state index contributed by atoms with van der Waals surface area (Å²) in [7, 11) is 3.74. The van der Waals surface area contributed by atoms with E-state index >= 15 is 0 Å². The van der Waals surface area contributed by atoms with Crippen molar-refractivity contribution in [3.05, 3.63) is 0 Å². The second kappa shape index (κ2) is 11.5. The zero-order valence-electron chi connectivity index (χ0n) is 18.0. The standard InChI is InChI=1S/C21H37N3O4.ClH/c1-23(12-17-5-3-9-27-14-17)19(25)11-21(7-8-22-16-21)20(26)24(2)13-18-6-4-10-28-15-18;/h17-18,22H,3-16H2,1-2H3;1H. The third kappa shape index (κ3) is 6.54. The molecule has 3 heterocycles. The predicted molar refractivity (Wildman–Crippen MR) is 114 cm³/mol. The summed E-state index contributed by atoms with van der Waals surface area (Å²) >= 11 is 0. The quantitative estimate of drug-likeness (QED) is 0.662. The van der Waals surface area contributed by atoms with Crippen LogP contribution in [0.1, 0.15) is 38.5 Å². The zero-order valence-corrected chi connectivity index (χ0v) is 18.8. The van der Waals surface area contributed by atoms with Crippen LogP contribution in [-0.2, 0) is 19.1 Å². The molecule has 3 unspecified atom stereocenters. The molecular formula is C21H38ClN3O4. The van der Waals surface area contributed by atoms with E-state index in [0.717, 1.165) is 65.1 Å². The first kappa shape index (κ1) is 24.4. The van der Waals surface area contributed by atoms with Gasteiger partial charge in [-0.05, 0) is 50.5 Å². The van der Waals surface area contributed by atoms with E-state index < -0.39 is 5.41 Å². The van der Waals surface area contributed by atoms with Crippen molar-refractivity contribution >= 4 is 24.2 Å². The zero-order chi connectivity index (χ0) is 20.0. The number of carbonyl (C=O) groups excluding carboxylic acids is 2. The highest BCUT2D eigenvalue weighted by atomic mass is 35.5. The van der Waals surface area contributed by atoms with Crippen LogP contribution in [0.5, 0.6) is 0 Å². The number of hydrogen-bond acceptors (Lipinski definition) is 5. The molecule has 3 aliphatic heterocycles. The molecule has 168 valence electrons. The van der Waals surface area contributed by atoms with Crippen LogP contribution in [-0.4, -0.2) is 88.3 Å². The summed E-state index contributed by atoms with van der Waals surface area (Å²) < 4.78 is 11.1. The first-order valence-corrected chi connectivity index (χ1v) is 10.9.